The van der Waals surface area contributed by atoms with Gasteiger partial charge in [-0.05, 0) is 63.6 Å². The molecule has 1 aliphatic carbocycles. The summed E-state index contributed by atoms with van der Waals surface area (Å²) >= 11 is 0. The van der Waals surface area contributed by atoms with Gasteiger partial charge in [0, 0.05) is 25.2 Å². The maximum atomic E-state index is 12.0. The number of hydrogen-bond acceptors (Lipinski definition) is 4. The minimum Gasteiger partial charge on any atom is -0.444 e. The van der Waals surface area contributed by atoms with Crippen LogP contribution in [0.25, 0.3) is 0 Å². The minimum absolute atomic E-state index is 0.295. The van der Waals surface area contributed by atoms with E-state index in [0.717, 1.165) is 19.5 Å². The van der Waals surface area contributed by atoms with Crippen molar-refractivity contribution in [1.82, 2.24) is 16.0 Å². The van der Waals surface area contributed by atoms with E-state index in [0.29, 0.717) is 24.5 Å². The molecule has 25 heavy (non-hydrogen) atoms. The molecule has 2 atom stereocenters. The number of rotatable bonds is 5. The zero-order valence-electron chi connectivity index (χ0n) is 15.6. The first-order chi connectivity index (χ1) is 11.9. The third kappa shape index (κ3) is 5.44. The van der Waals surface area contributed by atoms with Crippen LogP contribution in [0, 0.1) is 5.92 Å². The van der Waals surface area contributed by atoms with Gasteiger partial charge < -0.3 is 20.7 Å². The Bertz CT molecular complexity index is 593. The molecular formula is C20H31N3O2. The van der Waals surface area contributed by atoms with Crippen LogP contribution in [0.4, 0.5) is 4.79 Å². The van der Waals surface area contributed by atoms with Crippen molar-refractivity contribution in [2.45, 2.75) is 64.3 Å². The summed E-state index contributed by atoms with van der Waals surface area (Å²) < 4.78 is 5.37. The van der Waals surface area contributed by atoms with Crippen LogP contribution in [-0.2, 0) is 11.3 Å². The molecule has 3 rings (SSSR count). The van der Waals surface area contributed by atoms with Gasteiger partial charge in [-0.25, -0.2) is 4.79 Å². The molecule has 1 saturated carbocycles. The summed E-state index contributed by atoms with van der Waals surface area (Å²) in [4.78, 5) is 12.0. The molecule has 0 radical (unpaired) electrons. The van der Waals surface area contributed by atoms with Crippen molar-refractivity contribution in [3.8, 4) is 0 Å². The van der Waals surface area contributed by atoms with Crippen LogP contribution in [0.3, 0.4) is 0 Å². The van der Waals surface area contributed by atoms with Crippen LogP contribution in [-0.4, -0.2) is 30.8 Å². The Balaban J connectivity index is 1.61. The van der Waals surface area contributed by atoms with E-state index < -0.39 is 5.60 Å². The lowest BCUT2D eigenvalue weighted by atomic mass is 9.98. The van der Waals surface area contributed by atoms with E-state index >= 15 is 0 Å². The SMILES string of the molecule is CC(C)(C)OC(=O)NCC(NC1CCNCc2ccccc21)C1CC1. The second-order valence-electron chi connectivity index (χ2n) is 8.21. The highest BCUT2D eigenvalue weighted by Gasteiger charge is 2.34. The second-order valence-corrected chi connectivity index (χ2v) is 8.21. The number of nitrogens with one attached hydrogen (secondary N) is 3. The number of amides is 1. The van der Waals surface area contributed by atoms with E-state index in [4.69, 9.17) is 4.74 Å². The molecule has 0 spiro atoms. The van der Waals surface area contributed by atoms with Gasteiger partial charge >= 0.3 is 6.09 Å². The fourth-order valence-electron chi connectivity index (χ4n) is 3.46. The number of benzene rings is 1. The molecule has 2 aliphatic rings. The average Bonchev–Trinajstić information content (AvgIpc) is 3.37. The molecular weight excluding hydrogens is 314 g/mol. The van der Waals surface area contributed by atoms with Gasteiger partial charge in [0.2, 0.25) is 0 Å². The first-order valence-electron chi connectivity index (χ1n) is 9.44. The Morgan fingerprint density at radius 2 is 2.04 bits per heavy atom. The first kappa shape index (κ1) is 18.2. The molecule has 5 nitrogen and oxygen atoms in total. The fourth-order valence-corrected chi connectivity index (χ4v) is 3.46. The largest absolute Gasteiger partial charge is 0.444 e. The van der Waals surface area contributed by atoms with Gasteiger partial charge in [-0.1, -0.05) is 24.3 Å². The van der Waals surface area contributed by atoms with Gasteiger partial charge in [0.05, 0.1) is 0 Å². The van der Waals surface area contributed by atoms with E-state index in [1.807, 2.05) is 20.8 Å². The normalized spacial score (nSPS) is 21.8. The number of carbonyl (C=O) groups is 1. The Kier molecular flexibility index (Phi) is 5.64. The predicted octanol–water partition coefficient (Wildman–Crippen LogP) is 3.11. The third-order valence-corrected chi connectivity index (χ3v) is 4.83. The quantitative estimate of drug-likeness (QED) is 0.767. The van der Waals surface area contributed by atoms with Gasteiger partial charge in [-0.3, -0.25) is 0 Å². The molecule has 1 aromatic rings. The summed E-state index contributed by atoms with van der Waals surface area (Å²) in [6.45, 7) is 8.21. The Hall–Kier alpha value is -1.59. The standard InChI is InChI=1S/C20H31N3O2/c1-20(2,3)25-19(24)22-13-18(14-8-9-14)23-17-10-11-21-12-15-6-4-5-7-16(15)17/h4-7,14,17-18,21,23H,8-13H2,1-3H3,(H,22,24). The molecule has 1 aliphatic heterocycles. The Morgan fingerprint density at radius 3 is 2.76 bits per heavy atom. The molecule has 3 N–H and O–H groups in total. The molecule has 1 fully saturated rings. The molecule has 1 heterocycles. The average molecular weight is 345 g/mol. The molecule has 0 bridgehead atoms. The van der Waals surface area contributed by atoms with E-state index in [2.05, 4.69) is 40.2 Å². The minimum atomic E-state index is -0.460. The van der Waals surface area contributed by atoms with Crippen molar-refractivity contribution >= 4 is 6.09 Å². The van der Waals surface area contributed by atoms with Gasteiger partial charge in [0.15, 0.2) is 0 Å². The predicted molar refractivity (Wildman–Crippen MR) is 99.4 cm³/mol. The van der Waals surface area contributed by atoms with Gasteiger partial charge in [0.25, 0.3) is 0 Å². The second kappa shape index (κ2) is 7.75. The Labute approximate surface area is 150 Å². The molecule has 5 heteroatoms. The number of carbonyl (C=O) groups excluding carboxylic acids is 1. The molecule has 0 saturated heterocycles. The Morgan fingerprint density at radius 1 is 1.28 bits per heavy atom. The van der Waals surface area contributed by atoms with Crippen molar-refractivity contribution < 1.29 is 9.53 Å². The summed E-state index contributed by atoms with van der Waals surface area (Å²) in [5.41, 5.74) is 2.29. The number of fused-ring (bicyclic) bond motifs is 1. The zero-order chi connectivity index (χ0) is 17.9. The van der Waals surface area contributed by atoms with Crippen LogP contribution >= 0.6 is 0 Å². The van der Waals surface area contributed by atoms with E-state index in [-0.39, 0.29) is 6.09 Å². The highest BCUT2D eigenvalue weighted by atomic mass is 16.6. The summed E-state index contributed by atoms with van der Waals surface area (Å²) in [5.74, 6) is 0.651. The number of ether oxygens (including phenoxy) is 1. The lowest BCUT2D eigenvalue weighted by molar-refractivity contribution is 0.0520. The van der Waals surface area contributed by atoms with Crippen molar-refractivity contribution in [3.05, 3.63) is 35.4 Å². The van der Waals surface area contributed by atoms with Crippen LogP contribution in [0.2, 0.25) is 0 Å². The summed E-state index contributed by atoms with van der Waals surface area (Å²) in [5, 5.41) is 10.3. The maximum Gasteiger partial charge on any atom is 0.407 e. The molecule has 138 valence electrons. The number of alkyl carbamates (subject to hydrolysis) is 1. The lowest BCUT2D eigenvalue weighted by Crippen LogP contribution is -2.45. The van der Waals surface area contributed by atoms with Crippen LogP contribution in [0.1, 0.15) is 57.2 Å². The lowest BCUT2D eigenvalue weighted by Gasteiger charge is -2.27. The van der Waals surface area contributed by atoms with Crippen molar-refractivity contribution in [2.75, 3.05) is 13.1 Å². The van der Waals surface area contributed by atoms with Gasteiger partial charge in [-0.15, -0.1) is 0 Å². The molecule has 0 aromatic heterocycles. The maximum absolute atomic E-state index is 12.0. The highest BCUT2D eigenvalue weighted by Crippen LogP contribution is 2.34. The van der Waals surface area contributed by atoms with Crippen LogP contribution in [0.5, 0.6) is 0 Å². The highest BCUT2D eigenvalue weighted by molar-refractivity contribution is 5.67. The van der Waals surface area contributed by atoms with Crippen molar-refractivity contribution in [1.29, 1.82) is 0 Å². The summed E-state index contributed by atoms with van der Waals surface area (Å²) in [6, 6.07) is 9.27. The summed E-state index contributed by atoms with van der Waals surface area (Å²) in [7, 11) is 0. The van der Waals surface area contributed by atoms with E-state index in [9.17, 15) is 4.79 Å². The molecule has 1 aromatic carbocycles. The van der Waals surface area contributed by atoms with E-state index in [1.54, 1.807) is 0 Å². The van der Waals surface area contributed by atoms with Crippen molar-refractivity contribution in [2.24, 2.45) is 5.92 Å². The van der Waals surface area contributed by atoms with Gasteiger partial charge in [0.1, 0.15) is 5.60 Å². The third-order valence-electron chi connectivity index (χ3n) is 4.83. The molecule has 1 amide bonds. The van der Waals surface area contributed by atoms with Crippen LogP contribution in [0.15, 0.2) is 24.3 Å². The van der Waals surface area contributed by atoms with Crippen molar-refractivity contribution in [3.63, 3.8) is 0 Å². The monoisotopic (exact) mass is 345 g/mol. The van der Waals surface area contributed by atoms with Gasteiger partial charge in [-0.2, -0.15) is 0 Å². The van der Waals surface area contributed by atoms with E-state index in [1.165, 1.54) is 24.0 Å². The molecule has 2 unspecified atom stereocenters. The van der Waals surface area contributed by atoms with Crippen LogP contribution < -0.4 is 16.0 Å². The fraction of sp³-hybridized carbons (Fsp3) is 0.650. The summed E-state index contributed by atoms with van der Waals surface area (Å²) in [6.07, 6.45) is 3.20. The first-order valence-corrected chi connectivity index (χ1v) is 9.44. The topological polar surface area (TPSA) is 62.4 Å². The smallest absolute Gasteiger partial charge is 0.407 e. The number of hydrogen-bond donors (Lipinski definition) is 3. The zero-order valence-corrected chi connectivity index (χ0v) is 15.6.